The lowest BCUT2D eigenvalue weighted by Gasteiger charge is -2.37. The number of rotatable bonds is 3. The van der Waals surface area contributed by atoms with Crippen LogP contribution in [0.2, 0.25) is 0 Å². The van der Waals surface area contributed by atoms with Crippen LogP contribution in [0.3, 0.4) is 0 Å². The van der Waals surface area contributed by atoms with Crippen LogP contribution < -0.4 is 0 Å². The van der Waals surface area contributed by atoms with Crippen LogP contribution in [-0.4, -0.2) is 25.4 Å². The van der Waals surface area contributed by atoms with Gasteiger partial charge in [0.2, 0.25) is 5.92 Å². The van der Waals surface area contributed by atoms with Crippen LogP contribution in [0.1, 0.15) is 29.5 Å². The van der Waals surface area contributed by atoms with Gasteiger partial charge in [0.15, 0.2) is 0 Å². The summed E-state index contributed by atoms with van der Waals surface area (Å²) in [5.41, 5.74) is 3.60. The zero-order chi connectivity index (χ0) is 18.8. The van der Waals surface area contributed by atoms with E-state index in [2.05, 4.69) is 4.98 Å². The van der Waals surface area contributed by atoms with Crippen molar-refractivity contribution in [3.05, 3.63) is 53.3 Å². The molecule has 0 aliphatic heterocycles. The molecule has 1 aliphatic rings. The van der Waals surface area contributed by atoms with Crippen molar-refractivity contribution in [2.75, 3.05) is 0 Å². The molecule has 4 aromatic rings. The summed E-state index contributed by atoms with van der Waals surface area (Å²) in [7, 11) is 0. The summed E-state index contributed by atoms with van der Waals surface area (Å²) < 4.78 is 28.2. The Kier molecular flexibility index (Phi) is 3.61. The summed E-state index contributed by atoms with van der Waals surface area (Å²) in [6.07, 6.45) is 2.58. The van der Waals surface area contributed by atoms with E-state index in [-0.39, 0.29) is 18.8 Å². The van der Waals surface area contributed by atoms with Gasteiger partial charge in [0.05, 0.1) is 17.5 Å². The maximum absolute atomic E-state index is 13.1. The summed E-state index contributed by atoms with van der Waals surface area (Å²) in [5.74, 6) is -3.00. The molecule has 0 amide bonds. The molecular weight excluding hydrogens is 368 g/mol. The van der Waals surface area contributed by atoms with Gasteiger partial charge in [-0.2, -0.15) is 0 Å². The Morgan fingerprint density at radius 3 is 2.81 bits per heavy atom. The van der Waals surface area contributed by atoms with Crippen LogP contribution in [0.5, 0.6) is 0 Å². The Morgan fingerprint density at radius 1 is 1.22 bits per heavy atom. The van der Waals surface area contributed by atoms with E-state index < -0.39 is 12.0 Å². The van der Waals surface area contributed by atoms with Gasteiger partial charge in [-0.15, -0.1) is 11.3 Å². The Hall–Kier alpha value is -2.38. The van der Waals surface area contributed by atoms with Gasteiger partial charge in [-0.05, 0) is 37.3 Å². The second kappa shape index (κ2) is 5.81. The highest BCUT2D eigenvalue weighted by Crippen LogP contribution is 2.49. The predicted molar refractivity (Wildman–Crippen MR) is 101 cm³/mol. The number of hydrogen-bond donors (Lipinski definition) is 1. The van der Waals surface area contributed by atoms with Crippen LogP contribution in [0, 0.1) is 12.8 Å². The van der Waals surface area contributed by atoms with Gasteiger partial charge in [0.25, 0.3) is 0 Å². The molecule has 4 heterocycles. The van der Waals surface area contributed by atoms with Gasteiger partial charge >= 0.3 is 0 Å². The lowest BCUT2D eigenvalue weighted by Crippen LogP contribution is -2.38. The number of halogens is 2. The summed E-state index contributed by atoms with van der Waals surface area (Å²) in [6, 6.07) is 9.73. The number of aryl methyl sites for hydroxylation is 1. The molecule has 0 saturated heterocycles. The molecule has 1 atom stereocenters. The Labute approximate surface area is 158 Å². The molecule has 7 heteroatoms. The average Bonchev–Trinajstić information content (AvgIpc) is 3.19. The zero-order valence-electron chi connectivity index (χ0n) is 14.6. The average molecular weight is 385 g/mol. The summed E-state index contributed by atoms with van der Waals surface area (Å²) in [6.45, 7) is 1.95. The molecule has 4 aromatic heterocycles. The van der Waals surface area contributed by atoms with Gasteiger partial charge in [0.1, 0.15) is 10.5 Å². The highest BCUT2D eigenvalue weighted by molar-refractivity contribution is 7.18. The largest absolute Gasteiger partial charge is 0.387 e. The zero-order valence-corrected chi connectivity index (χ0v) is 15.4. The normalized spacial score (nSPS) is 18.1. The highest BCUT2D eigenvalue weighted by Gasteiger charge is 2.48. The van der Waals surface area contributed by atoms with Gasteiger partial charge in [0, 0.05) is 47.0 Å². The number of aliphatic hydroxyl groups excluding tert-OH is 1. The summed E-state index contributed by atoms with van der Waals surface area (Å²) >= 11 is 1.37. The number of hydrogen-bond acceptors (Lipinski definition) is 4. The summed E-state index contributed by atoms with van der Waals surface area (Å²) in [4.78, 5) is 10.7. The van der Waals surface area contributed by atoms with Crippen molar-refractivity contribution < 1.29 is 13.9 Å². The quantitative estimate of drug-likeness (QED) is 0.540. The van der Waals surface area contributed by atoms with Crippen LogP contribution in [0.4, 0.5) is 8.78 Å². The first-order chi connectivity index (χ1) is 12.9. The lowest BCUT2D eigenvalue weighted by atomic mass is 9.77. The van der Waals surface area contributed by atoms with Crippen molar-refractivity contribution in [1.29, 1.82) is 0 Å². The van der Waals surface area contributed by atoms with Gasteiger partial charge in [-0.3, -0.25) is 0 Å². The molecule has 1 N–H and O–H groups in total. The molecule has 0 radical (unpaired) electrons. The molecule has 4 nitrogen and oxygen atoms in total. The second-order valence-corrected chi connectivity index (χ2v) is 8.33. The molecule has 1 fully saturated rings. The number of imidazole rings is 1. The van der Waals surface area contributed by atoms with Crippen molar-refractivity contribution in [2.24, 2.45) is 5.92 Å². The van der Waals surface area contributed by atoms with Crippen molar-refractivity contribution >= 4 is 27.2 Å². The van der Waals surface area contributed by atoms with Crippen LogP contribution in [0.15, 0.2) is 42.7 Å². The van der Waals surface area contributed by atoms with Gasteiger partial charge in [-0.25, -0.2) is 18.7 Å². The smallest absolute Gasteiger partial charge is 0.248 e. The van der Waals surface area contributed by atoms with E-state index in [0.717, 1.165) is 32.8 Å². The van der Waals surface area contributed by atoms with Crippen molar-refractivity contribution in [1.82, 2.24) is 14.4 Å². The first kappa shape index (κ1) is 16.8. The Morgan fingerprint density at radius 2 is 2.04 bits per heavy atom. The Balaban J connectivity index is 1.47. The van der Waals surface area contributed by atoms with Crippen molar-refractivity contribution in [2.45, 2.75) is 31.8 Å². The van der Waals surface area contributed by atoms with E-state index in [1.54, 1.807) is 0 Å². The minimum absolute atomic E-state index is 0.245. The SMILES string of the molecule is Cc1cn2ccc(-c3ccc4cc([C@@H](O)C5CC(F)(F)C5)sc4n3)cc2n1. The van der Waals surface area contributed by atoms with E-state index in [4.69, 9.17) is 4.98 Å². The van der Waals surface area contributed by atoms with E-state index in [1.165, 1.54) is 11.3 Å². The fourth-order valence-electron chi connectivity index (χ4n) is 3.67. The molecule has 0 aromatic carbocycles. The van der Waals surface area contributed by atoms with Gasteiger partial charge in [-0.1, -0.05) is 0 Å². The maximum atomic E-state index is 13.1. The Bertz CT molecular complexity index is 1160. The number of thiophene rings is 1. The number of nitrogens with zero attached hydrogens (tertiary/aromatic N) is 3. The van der Waals surface area contributed by atoms with E-state index in [1.807, 2.05) is 54.0 Å². The van der Waals surface area contributed by atoms with E-state index in [9.17, 15) is 13.9 Å². The topological polar surface area (TPSA) is 50.4 Å². The van der Waals surface area contributed by atoms with E-state index >= 15 is 0 Å². The third-order valence-electron chi connectivity index (χ3n) is 5.14. The van der Waals surface area contributed by atoms with Crippen molar-refractivity contribution in [3.63, 3.8) is 0 Å². The molecular formula is C20H17F2N3OS. The highest BCUT2D eigenvalue weighted by atomic mass is 32.1. The number of alkyl halides is 2. The molecule has 0 unspecified atom stereocenters. The minimum Gasteiger partial charge on any atom is -0.387 e. The lowest BCUT2D eigenvalue weighted by molar-refractivity contribution is -0.141. The number of aliphatic hydroxyl groups is 1. The fourth-order valence-corrected chi connectivity index (χ4v) is 4.79. The third kappa shape index (κ3) is 2.91. The standard InChI is InChI=1S/C20H17F2N3OS/c1-11-10-25-5-4-12(7-17(25)23-11)15-3-2-13-6-16(27-19(13)24-15)18(26)14-8-20(21,22)9-14/h2-7,10,14,18,26H,8-9H2,1H3/t18-/m0/s1. The second-order valence-electron chi connectivity index (χ2n) is 7.27. The molecule has 27 heavy (non-hydrogen) atoms. The minimum atomic E-state index is -2.63. The fraction of sp³-hybridized carbons (Fsp3) is 0.300. The van der Waals surface area contributed by atoms with Crippen LogP contribution >= 0.6 is 11.3 Å². The van der Waals surface area contributed by atoms with Gasteiger partial charge < -0.3 is 9.51 Å². The molecule has 0 bridgehead atoms. The van der Waals surface area contributed by atoms with Crippen LogP contribution in [0.25, 0.3) is 27.1 Å². The number of pyridine rings is 2. The third-order valence-corrected chi connectivity index (χ3v) is 6.25. The first-order valence-corrected chi connectivity index (χ1v) is 9.62. The summed E-state index contributed by atoms with van der Waals surface area (Å²) in [5, 5.41) is 11.3. The molecule has 1 saturated carbocycles. The number of aromatic nitrogens is 3. The van der Waals surface area contributed by atoms with Crippen LogP contribution in [-0.2, 0) is 0 Å². The predicted octanol–water partition coefficient (Wildman–Crippen LogP) is 5.00. The van der Waals surface area contributed by atoms with E-state index in [0.29, 0.717) is 4.88 Å². The monoisotopic (exact) mass is 385 g/mol. The molecule has 0 spiro atoms. The first-order valence-electron chi connectivity index (χ1n) is 8.80. The number of fused-ring (bicyclic) bond motifs is 2. The van der Waals surface area contributed by atoms with Crippen molar-refractivity contribution in [3.8, 4) is 11.3 Å². The molecule has 5 rings (SSSR count). The maximum Gasteiger partial charge on any atom is 0.248 e. The molecule has 1 aliphatic carbocycles. The molecule has 138 valence electrons.